The maximum absolute atomic E-state index is 4.24. The van der Waals surface area contributed by atoms with Crippen LogP contribution in [-0.4, -0.2) is 26.8 Å². The van der Waals surface area contributed by atoms with Gasteiger partial charge < -0.3 is 5.32 Å². The molecular weight excluding hydrogens is 238 g/mol. The lowest BCUT2D eigenvalue weighted by atomic mass is 9.84. The maximum atomic E-state index is 4.24. The zero-order valence-corrected chi connectivity index (χ0v) is 12.0. The zero-order valence-electron chi connectivity index (χ0n) is 12.0. The summed E-state index contributed by atoms with van der Waals surface area (Å²) in [5, 5.41) is 15.7. The average Bonchev–Trinajstić information content (AvgIpc) is 3.14. The first-order valence-electron chi connectivity index (χ1n) is 7.77. The predicted molar refractivity (Wildman–Crippen MR) is 73.5 cm³/mol. The fourth-order valence-corrected chi connectivity index (χ4v) is 4.09. The number of tetrazole rings is 1. The van der Waals surface area contributed by atoms with Crippen LogP contribution >= 0.6 is 0 Å². The van der Waals surface area contributed by atoms with Gasteiger partial charge in [-0.1, -0.05) is 13.3 Å². The van der Waals surface area contributed by atoms with Crippen LogP contribution in [0.3, 0.4) is 0 Å². The molecule has 0 aromatic carbocycles. The minimum Gasteiger partial charge on any atom is -0.310 e. The van der Waals surface area contributed by atoms with E-state index in [1.807, 2.05) is 0 Å². The van der Waals surface area contributed by atoms with Crippen LogP contribution in [-0.2, 0) is 6.54 Å². The largest absolute Gasteiger partial charge is 0.310 e. The van der Waals surface area contributed by atoms with Crippen molar-refractivity contribution in [2.75, 3.05) is 6.54 Å². The van der Waals surface area contributed by atoms with E-state index >= 15 is 0 Å². The van der Waals surface area contributed by atoms with E-state index in [1.165, 1.54) is 25.7 Å². The molecule has 1 N–H and O–H groups in total. The molecular formula is C14H25N5. The van der Waals surface area contributed by atoms with Gasteiger partial charge in [0, 0.05) is 0 Å². The highest BCUT2D eigenvalue weighted by Gasteiger charge is 2.42. The molecule has 2 aliphatic rings. The molecule has 2 bridgehead atoms. The quantitative estimate of drug-likeness (QED) is 0.799. The summed E-state index contributed by atoms with van der Waals surface area (Å²) in [7, 11) is 0. The van der Waals surface area contributed by atoms with Crippen LogP contribution in [0.2, 0.25) is 0 Å². The third-order valence-electron chi connectivity index (χ3n) is 5.07. The summed E-state index contributed by atoms with van der Waals surface area (Å²) in [6, 6.07) is 0.448. The average molecular weight is 263 g/mol. The Bertz CT molecular complexity index is 416. The van der Waals surface area contributed by atoms with Gasteiger partial charge >= 0.3 is 0 Å². The van der Waals surface area contributed by atoms with E-state index in [2.05, 4.69) is 39.4 Å². The summed E-state index contributed by atoms with van der Waals surface area (Å²) < 4.78 is 2.06. The zero-order chi connectivity index (χ0) is 13.2. The molecule has 4 atom stereocenters. The number of hydrogen-bond donors (Lipinski definition) is 1. The first kappa shape index (κ1) is 13.0. The Morgan fingerprint density at radius 1 is 1.37 bits per heavy atom. The van der Waals surface area contributed by atoms with Crippen LogP contribution in [0, 0.1) is 17.8 Å². The van der Waals surface area contributed by atoms with Crippen LogP contribution in [0.1, 0.15) is 57.8 Å². The smallest absolute Gasteiger partial charge is 0.165 e. The number of fused-ring (bicyclic) bond motifs is 2. The molecule has 0 aliphatic heterocycles. The number of aromatic nitrogens is 4. The lowest BCUT2D eigenvalue weighted by molar-refractivity contribution is 0.223. The van der Waals surface area contributed by atoms with Gasteiger partial charge in [0.05, 0.1) is 12.6 Å². The van der Waals surface area contributed by atoms with Gasteiger partial charge in [0.2, 0.25) is 0 Å². The molecule has 1 aromatic rings. The summed E-state index contributed by atoms with van der Waals surface area (Å²) in [5.74, 6) is 3.67. The summed E-state index contributed by atoms with van der Waals surface area (Å²) in [5.41, 5.74) is 0. The molecule has 2 fully saturated rings. The molecule has 0 saturated heterocycles. The molecule has 0 spiro atoms. The molecule has 5 nitrogen and oxygen atoms in total. The van der Waals surface area contributed by atoms with Gasteiger partial charge in [-0.3, -0.25) is 0 Å². The van der Waals surface area contributed by atoms with Gasteiger partial charge in [-0.15, -0.1) is 5.10 Å². The first-order valence-corrected chi connectivity index (χ1v) is 7.77. The molecule has 4 unspecified atom stereocenters. The Morgan fingerprint density at radius 3 is 2.95 bits per heavy atom. The summed E-state index contributed by atoms with van der Waals surface area (Å²) in [6.07, 6.45) is 6.84. The van der Waals surface area contributed by atoms with Crippen LogP contribution in [0.4, 0.5) is 0 Å². The monoisotopic (exact) mass is 263 g/mol. The molecule has 106 valence electrons. The van der Waals surface area contributed by atoms with E-state index < -0.39 is 0 Å². The Labute approximate surface area is 115 Å². The van der Waals surface area contributed by atoms with Gasteiger partial charge in [-0.05, 0) is 67.3 Å². The van der Waals surface area contributed by atoms with Crippen molar-refractivity contribution in [3.8, 4) is 0 Å². The molecule has 19 heavy (non-hydrogen) atoms. The van der Waals surface area contributed by atoms with Crippen molar-refractivity contribution in [1.82, 2.24) is 25.5 Å². The second-order valence-corrected chi connectivity index (χ2v) is 6.30. The van der Waals surface area contributed by atoms with Crippen molar-refractivity contribution in [3.63, 3.8) is 0 Å². The van der Waals surface area contributed by atoms with E-state index in [-0.39, 0.29) is 0 Å². The highest BCUT2D eigenvalue weighted by molar-refractivity contribution is 4.95. The van der Waals surface area contributed by atoms with Gasteiger partial charge in [0.25, 0.3) is 0 Å². The fourth-order valence-electron chi connectivity index (χ4n) is 4.09. The maximum Gasteiger partial charge on any atom is 0.165 e. The number of nitrogens with zero attached hydrogens (tertiary/aromatic N) is 4. The Kier molecular flexibility index (Phi) is 3.82. The van der Waals surface area contributed by atoms with Crippen molar-refractivity contribution in [2.45, 2.75) is 58.5 Å². The summed E-state index contributed by atoms with van der Waals surface area (Å²) in [6.45, 7) is 6.28. The normalized spacial score (nSPS) is 30.9. The molecule has 0 amide bonds. The van der Waals surface area contributed by atoms with Crippen LogP contribution in [0.25, 0.3) is 0 Å². The van der Waals surface area contributed by atoms with E-state index in [4.69, 9.17) is 0 Å². The van der Waals surface area contributed by atoms with Crippen molar-refractivity contribution in [3.05, 3.63) is 5.82 Å². The minimum atomic E-state index is 0.448. The van der Waals surface area contributed by atoms with Gasteiger partial charge in [-0.2, -0.15) is 0 Å². The van der Waals surface area contributed by atoms with Crippen LogP contribution in [0.15, 0.2) is 0 Å². The molecule has 2 saturated carbocycles. The standard InChI is InChI=1S/C14H25N5/c1-3-6-15-9-14-16-17-18-19(14)10(2)13-8-11-4-5-12(13)7-11/h10-13,15H,3-9H2,1-2H3. The lowest BCUT2D eigenvalue weighted by Gasteiger charge is -2.28. The predicted octanol–water partition coefficient (Wildman–Crippen LogP) is 2.17. The fraction of sp³-hybridized carbons (Fsp3) is 0.929. The number of nitrogens with one attached hydrogen (secondary N) is 1. The Morgan fingerprint density at radius 2 is 2.26 bits per heavy atom. The van der Waals surface area contributed by atoms with Crippen molar-refractivity contribution < 1.29 is 0 Å². The molecule has 0 radical (unpaired) electrons. The van der Waals surface area contributed by atoms with Crippen LogP contribution < -0.4 is 5.32 Å². The third-order valence-corrected chi connectivity index (χ3v) is 5.07. The van der Waals surface area contributed by atoms with E-state index in [0.29, 0.717) is 6.04 Å². The SMILES string of the molecule is CCCNCc1nnnn1C(C)C1CC2CCC1C2. The first-order chi connectivity index (χ1) is 9.29. The summed E-state index contributed by atoms with van der Waals surface area (Å²) >= 11 is 0. The molecule has 3 rings (SSSR count). The van der Waals surface area contributed by atoms with Crippen molar-refractivity contribution >= 4 is 0 Å². The molecule has 1 heterocycles. The van der Waals surface area contributed by atoms with Gasteiger partial charge in [0.15, 0.2) is 5.82 Å². The van der Waals surface area contributed by atoms with Crippen LogP contribution in [0.5, 0.6) is 0 Å². The van der Waals surface area contributed by atoms with Gasteiger partial charge in [0.1, 0.15) is 0 Å². The third kappa shape index (κ3) is 2.53. The molecule has 5 heteroatoms. The second kappa shape index (κ2) is 5.57. The molecule has 2 aliphatic carbocycles. The highest BCUT2D eigenvalue weighted by Crippen LogP contribution is 2.51. The van der Waals surface area contributed by atoms with E-state index in [1.54, 1.807) is 0 Å². The molecule has 1 aromatic heterocycles. The Balaban J connectivity index is 1.66. The van der Waals surface area contributed by atoms with E-state index in [0.717, 1.165) is 43.1 Å². The highest BCUT2D eigenvalue weighted by atomic mass is 15.6. The second-order valence-electron chi connectivity index (χ2n) is 6.30. The number of hydrogen-bond acceptors (Lipinski definition) is 4. The van der Waals surface area contributed by atoms with Crippen molar-refractivity contribution in [1.29, 1.82) is 0 Å². The summed E-state index contributed by atoms with van der Waals surface area (Å²) in [4.78, 5) is 0. The van der Waals surface area contributed by atoms with Crippen molar-refractivity contribution in [2.24, 2.45) is 17.8 Å². The van der Waals surface area contributed by atoms with E-state index in [9.17, 15) is 0 Å². The van der Waals surface area contributed by atoms with Gasteiger partial charge in [-0.25, -0.2) is 4.68 Å². The number of rotatable bonds is 6. The Hall–Kier alpha value is -0.970. The topological polar surface area (TPSA) is 55.6 Å². The lowest BCUT2D eigenvalue weighted by Crippen LogP contribution is -2.26. The minimum absolute atomic E-state index is 0.448.